The number of carbonyl (C=O) groups is 7. The molecule has 1 aliphatic heterocycles. The van der Waals surface area contributed by atoms with Crippen LogP contribution in [0.2, 0.25) is 0 Å². The molecule has 1 saturated heterocycles. The maximum atomic E-state index is 12.9. The molecular weight excluding hydrogens is 542 g/mol. The van der Waals surface area contributed by atoms with Crippen molar-refractivity contribution < 1.29 is 52.6 Å². The van der Waals surface area contributed by atoms with E-state index >= 15 is 0 Å². The summed E-state index contributed by atoms with van der Waals surface area (Å²) in [6.45, 7) is 14.8. The monoisotopic (exact) mass is 585 g/mol. The summed E-state index contributed by atoms with van der Waals surface area (Å²) in [7, 11) is 0. The molecule has 4 amide bonds. The molecule has 1 fully saturated rings. The molecule has 1 heterocycles. The number of nitrogens with zero attached hydrogens (tertiary/aromatic N) is 1. The van der Waals surface area contributed by atoms with Crippen LogP contribution in [0.1, 0.15) is 101 Å². The second kappa shape index (κ2) is 14.3. The molecule has 0 aromatic heterocycles. The highest BCUT2D eigenvalue weighted by Gasteiger charge is 2.35. The number of rotatable bonds is 11. The van der Waals surface area contributed by atoms with Gasteiger partial charge in [-0.25, -0.2) is 19.2 Å². The number of urea groups is 1. The van der Waals surface area contributed by atoms with Gasteiger partial charge in [0.15, 0.2) is 0 Å². The third-order valence-corrected chi connectivity index (χ3v) is 4.89. The lowest BCUT2D eigenvalue weighted by Gasteiger charge is -2.27. The fourth-order valence-corrected chi connectivity index (χ4v) is 3.32. The number of ether oxygens (including phenoxy) is 3. The number of nitrogens with one attached hydrogen (secondary N) is 2. The van der Waals surface area contributed by atoms with E-state index in [1.165, 1.54) is 0 Å². The van der Waals surface area contributed by atoms with E-state index < -0.39 is 77.0 Å². The standard InChI is InChI=1S/C27H43N3O11/c1-25(2,3)38-20(33)14-10-16(22(35)39-26(4,5)6)28-24(37)29-17(23(36)40-27(7,8)9)11-15-21(34)41-30-18(31)12-13-19(30)32/h16-17H,10-15H2,1-9H3,(H2,28,29,37). The van der Waals surface area contributed by atoms with Gasteiger partial charge in [-0.05, 0) is 75.2 Å². The van der Waals surface area contributed by atoms with E-state index in [9.17, 15) is 33.6 Å². The zero-order chi connectivity index (χ0) is 31.8. The number of hydrogen-bond donors (Lipinski definition) is 2. The molecular formula is C27H43N3O11. The molecule has 232 valence electrons. The average molecular weight is 586 g/mol. The molecule has 0 bridgehead atoms. The molecule has 1 rings (SSSR count). The zero-order valence-corrected chi connectivity index (χ0v) is 25.3. The second-order valence-corrected chi connectivity index (χ2v) is 12.5. The Morgan fingerprint density at radius 2 is 1.02 bits per heavy atom. The molecule has 0 aromatic rings. The van der Waals surface area contributed by atoms with Crippen LogP contribution < -0.4 is 10.6 Å². The van der Waals surface area contributed by atoms with Crippen LogP contribution >= 0.6 is 0 Å². The topological polar surface area (TPSA) is 184 Å². The van der Waals surface area contributed by atoms with Crippen LogP contribution in [0.3, 0.4) is 0 Å². The third kappa shape index (κ3) is 14.5. The molecule has 2 atom stereocenters. The van der Waals surface area contributed by atoms with Crippen molar-refractivity contribution in [2.75, 3.05) is 0 Å². The van der Waals surface area contributed by atoms with Crippen LogP contribution in [0.5, 0.6) is 0 Å². The highest BCUT2D eigenvalue weighted by Crippen LogP contribution is 2.16. The minimum atomic E-state index is -1.38. The molecule has 0 saturated carbocycles. The van der Waals surface area contributed by atoms with Crippen molar-refractivity contribution in [3.05, 3.63) is 0 Å². The summed E-state index contributed by atoms with van der Waals surface area (Å²) >= 11 is 0. The van der Waals surface area contributed by atoms with Crippen LogP contribution in [-0.2, 0) is 47.8 Å². The van der Waals surface area contributed by atoms with Gasteiger partial charge >= 0.3 is 29.9 Å². The maximum absolute atomic E-state index is 12.9. The van der Waals surface area contributed by atoms with Gasteiger partial charge in [0.25, 0.3) is 11.8 Å². The summed E-state index contributed by atoms with van der Waals surface area (Å²) < 4.78 is 16.0. The number of hydrogen-bond acceptors (Lipinski definition) is 11. The Morgan fingerprint density at radius 1 is 0.659 bits per heavy atom. The summed E-state index contributed by atoms with van der Waals surface area (Å²) in [6.07, 6.45) is -1.31. The normalized spacial score (nSPS) is 15.5. The van der Waals surface area contributed by atoms with E-state index in [0.29, 0.717) is 5.06 Å². The summed E-state index contributed by atoms with van der Waals surface area (Å²) in [5.74, 6) is -4.58. The Labute approximate surface area is 240 Å². The molecule has 0 spiro atoms. The predicted octanol–water partition coefficient (Wildman–Crippen LogP) is 2.22. The van der Waals surface area contributed by atoms with Crippen molar-refractivity contribution in [2.45, 2.75) is 130 Å². The lowest BCUT2D eigenvalue weighted by Crippen LogP contribution is -2.53. The second-order valence-electron chi connectivity index (χ2n) is 12.5. The number of hydroxylamine groups is 2. The van der Waals surface area contributed by atoms with E-state index in [1.807, 2.05) is 0 Å². The molecule has 41 heavy (non-hydrogen) atoms. The quantitative estimate of drug-likeness (QED) is 0.206. The minimum Gasteiger partial charge on any atom is -0.460 e. The van der Waals surface area contributed by atoms with Gasteiger partial charge in [0.1, 0.15) is 28.9 Å². The van der Waals surface area contributed by atoms with Crippen molar-refractivity contribution in [3.63, 3.8) is 0 Å². The van der Waals surface area contributed by atoms with Crippen molar-refractivity contribution in [3.8, 4) is 0 Å². The fourth-order valence-electron chi connectivity index (χ4n) is 3.32. The van der Waals surface area contributed by atoms with Crippen molar-refractivity contribution in [2.24, 2.45) is 0 Å². The number of carbonyl (C=O) groups excluding carboxylic acids is 7. The summed E-state index contributed by atoms with van der Waals surface area (Å²) in [5, 5.41) is 5.16. The van der Waals surface area contributed by atoms with E-state index in [4.69, 9.17) is 19.0 Å². The number of imide groups is 1. The first-order valence-corrected chi connectivity index (χ1v) is 13.4. The lowest BCUT2D eigenvalue weighted by atomic mass is 10.1. The van der Waals surface area contributed by atoms with Gasteiger partial charge in [-0.1, -0.05) is 0 Å². The Balaban J connectivity index is 2.97. The van der Waals surface area contributed by atoms with Gasteiger partial charge in [0.05, 0.1) is 6.42 Å². The van der Waals surface area contributed by atoms with Crippen molar-refractivity contribution in [1.29, 1.82) is 0 Å². The minimum absolute atomic E-state index is 0.0822. The first kappa shape index (κ1) is 35.3. The van der Waals surface area contributed by atoms with Crippen LogP contribution in [0.15, 0.2) is 0 Å². The highest BCUT2D eigenvalue weighted by atomic mass is 16.7. The SMILES string of the molecule is CC(C)(C)OC(=O)CCC(NC(=O)NC(CCC(=O)ON1C(=O)CCC1=O)C(=O)OC(C)(C)C)C(=O)OC(C)(C)C. The predicted molar refractivity (Wildman–Crippen MR) is 142 cm³/mol. The molecule has 2 N–H and O–H groups in total. The van der Waals surface area contributed by atoms with Gasteiger partial charge in [-0.15, -0.1) is 5.06 Å². The van der Waals surface area contributed by atoms with Gasteiger partial charge in [-0.2, -0.15) is 0 Å². The first-order valence-electron chi connectivity index (χ1n) is 13.4. The van der Waals surface area contributed by atoms with Crippen molar-refractivity contribution in [1.82, 2.24) is 15.7 Å². The van der Waals surface area contributed by atoms with Crippen molar-refractivity contribution >= 4 is 41.7 Å². The summed E-state index contributed by atoms with van der Waals surface area (Å²) in [4.78, 5) is 91.3. The van der Waals surface area contributed by atoms with E-state index in [1.54, 1.807) is 62.3 Å². The zero-order valence-electron chi connectivity index (χ0n) is 25.3. The highest BCUT2D eigenvalue weighted by molar-refractivity contribution is 6.01. The molecule has 1 aliphatic rings. The van der Waals surface area contributed by atoms with Crippen LogP contribution in [0.25, 0.3) is 0 Å². The Morgan fingerprint density at radius 3 is 1.39 bits per heavy atom. The molecule has 2 unspecified atom stereocenters. The molecule has 0 aromatic carbocycles. The Kier molecular flexibility index (Phi) is 12.3. The van der Waals surface area contributed by atoms with Gasteiger partial charge in [0, 0.05) is 19.3 Å². The Hall–Kier alpha value is -3.71. The van der Waals surface area contributed by atoms with Gasteiger partial charge in [0.2, 0.25) is 0 Å². The summed E-state index contributed by atoms with van der Waals surface area (Å²) in [5.41, 5.74) is -2.58. The smallest absolute Gasteiger partial charge is 0.333 e. The van der Waals surface area contributed by atoms with Crippen LogP contribution in [0.4, 0.5) is 4.79 Å². The van der Waals surface area contributed by atoms with E-state index in [-0.39, 0.29) is 32.1 Å². The third-order valence-electron chi connectivity index (χ3n) is 4.89. The van der Waals surface area contributed by atoms with Crippen LogP contribution in [-0.4, -0.2) is 75.7 Å². The van der Waals surface area contributed by atoms with E-state index in [0.717, 1.165) is 0 Å². The average Bonchev–Trinajstić information content (AvgIpc) is 3.07. The first-order chi connectivity index (χ1) is 18.6. The molecule has 0 aliphatic carbocycles. The van der Waals surface area contributed by atoms with Gasteiger partial charge < -0.3 is 29.7 Å². The molecule has 14 heteroatoms. The lowest BCUT2D eigenvalue weighted by molar-refractivity contribution is -0.197. The fraction of sp³-hybridized carbons (Fsp3) is 0.741. The summed E-state index contributed by atoms with van der Waals surface area (Å²) in [6, 6.07) is -3.63. The number of amides is 4. The van der Waals surface area contributed by atoms with Crippen LogP contribution in [0, 0.1) is 0 Å². The largest absolute Gasteiger partial charge is 0.460 e. The maximum Gasteiger partial charge on any atom is 0.333 e. The van der Waals surface area contributed by atoms with Gasteiger partial charge in [-0.3, -0.25) is 14.4 Å². The Bertz CT molecular complexity index is 1000. The molecule has 0 radical (unpaired) electrons. The molecule has 14 nitrogen and oxygen atoms in total. The number of esters is 3. The van der Waals surface area contributed by atoms with E-state index in [2.05, 4.69) is 10.6 Å².